The third-order valence-corrected chi connectivity index (χ3v) is 10.5. The largest absolute Gasteiger partial charge is 0.494 e. The molecular formula is C41H50N4O7. The molecule has 0 saturated carbocycles. The summed E-state index contributed by atoms with van der Waals surface area (Å²) in [5.41, 5.74) is 1.98. The summed E-state index contributed by atoms with van der Waals surface area (Å²) in [5, 5.41) is 34.9. The molecule has 4 N–H and O–H groups in total. The lowest BCUT2D eigenvalue weighted by Crippen LogP contribution is -2.49. The van der Waals surface area contributed by atoms with Crippen LogP contribution in [0, 0.1) is 5.92 Å². The highest BCUT2D eigenvalue weighted by Gasteiger charge is 2.53. The van der Waals surface area contributed by atoms with Crippen LogP contribution in [0.3, 0.4) is 0 Å². The highest BCUT2D eigenvalue weighted by Crippen LogP contribution is 2.48. The first kappa shape index (κ1) is 37.2. The van der Waals surface area contributed by atoms with Gasteiger partial charge in [-0.05, 0) is 93.1 Å². The van der Waals surface area contributed by atoms with E-state index in [0.29, 0.717) is 67.3 Å². The number of amides is 3. The van der Waals surface area contributed by atoms with E-state index < -0.39 is 23.5 Å². The Hall–Kier alpha value is -4.55. The molecule has 11 heteroatoms. The highest BCUT2D eigenvalue weighted by molar-refractivity contribution is 6.10. The number of nitrogens with zero attached hydrogens (tertiary/aromatic N) is 3. The van der Waals surface area contributed by atoms with E-state index in [0.717, 1.165) is 24.0 Å². The number of benzene rings is 3. The Bertz CT molecular complexity index is 1780. The zero-order valence-electron chi connectivity index (χ0n) is 30.0. The van der Waals surface area contributed by atoms with Crippen LogP contribution < -0.4 is 19.9 Å². The van der Waals surface area contributed by atoms with Crippen molar-refractivity contribution in [1.29, 1.82) is 0 Å². The summed E-state index contributed by atoms with van der Waals surface area (Å²) in [6.45, 7) is 5.59. The number of rotatable bonds is 15. The maximum atomic E-state index is 14.4. The molecule has 3 aliphatic rings. The van der Waals surface area contributed by atoms with Gasteiger partial charge in [-0.2, -0.15) is 0 Å². The average molecular weight is 711 g/mol. The number of aliphatic hydroxyl groups is 3. The predicted molar refractivity (Wildman–Crippen MR) is 199 cm³/mol. The maximum absolute atomic E-state index is 14.4. The van der Waals surface area contributed by atoms with Gasteiger partial charge in [0.15, 0.2) is 5.60 Å². The fourth-order valence-electron chi connectivity index (χ4n) is 7.70. The molecule has 1 fully saturated rings. The topological polar surface area (TPSA) is 143 Å². The molecule has 276 valence electrons. The van der Waals surface area contributed by atoms with E-state index in [-0.39, 0.29) is 44.0 Å². The Morgan fingerprint density at radius 1 is 1.06 bits per heavy atom. The van der Waals surface area contributed by atoms with E-state index >= 15 is 0 Å². The van der Waals surface area contributed by atoms with Gasteiger partial charge in [0.25, 0.3) is 5.91 Å². The number of unbranched alkanes of at least 4 members (excludes halogenated alkanes) is 1. The van der Waals surface area contributed by atoms with Crippen LogP contribution >= 0.6 is 0 Å². The summed E-state index contributed by atoms with van der Waals surface area (Å²) < 4.78 is 5.79. The Morgan fingerprint density at radius 2 is 1.85 bits per heavy atom. The molecule has 52 heavy (non-hydrogen) atoms. The lowest BCUT2D eigenvalue weighted by Gasteiger charge is -2.35. The predicted octanol–water partition coefficient (Wildman–Crippen LogP) is 4.34. The van der Waals surface area contributed by atoms with E-state index in [4.69, 9.17) is 4.74 Å². The van der Waals surface area contributed by atoms with Crippen LogP contribution in [0.2, 0.25) is 0 Å². The van der Waals surface area contributed by atoms with E-state index in [9.17, 15) is 29.7 Å². The number of aliphatic hydroxyl groups excluding tert-OH is 2. The van der Waals surface area contributed by atoms with Gasteiger partial charge >= 0.3 is 0 Å². The van der Waals surface area contributed by atoms with Gasteiger partial charge in [-0.25, -0.2) is 0 Å². The van der Waals surface area contributed by atoms with Crippen molar-refractivity contribution >= 4 is 34.8 Å². The molecule has 0 aliphatic carbocycles. The average Bonchev–Trinajstić information content (AvgIpc) is 3.72. The molecule has 4 atom stereocenters. The minimum atomic E-state index is -1.98. The van der Waals surface area contributed by atoms with Crippen LogP contribution in [0.15, 0.2) is 78.9 Å². The Labute approximate surface area is 305 Å². The number of fused-ring (bicyclic) bond motifs is 2. The van der Waals surface area contributed by atoms with Crippen LogP contribution in [-0.4, -0.2) is 82.9 Å². The number of anilines is 3. The molecule has 6 rings (SSSR count). The number of ether oxygens (including phenoxy) is 1. The van der Waals surface area contributed by atoms with Gasteiger partial charge in [0.05, 0.1) is 43.2 Å². The lowest BCUT2D eigenvalue weighted by molar-refractivity contribution is -0.139. The van der Waals surface area contributed by atoms with Crippen molar-refractivity contribution in [3.8, 4) is 5.75 Å². The van der Waals surface area contributed by atoms with Crippen molar-refractivity contribution in [3.63, 3.8) is 0 Å². The van der Waals surface area contributed by atoms with E-state index in [1.54, 1.807) is 45.9 Å². The second-order valence-electron chi connectivity index (χ2n) is 13.9. The zero-order valence-corrected chi connectivity index (χ0v) is 30.0. The summed E-state index contributed by atoms with van der Waals surface area (Å²) in [6, 6.07) is 19.9. The quantitative estimate of drug-likeness (QED) is 0.135. The smallest absolute Gasteiger partial charge is 0.264 e. The SMILES string of the molecule is CCOc1ccc2c(c1)CC(NCCCCO)C(=O)N2c1ccc2c(c1)[C@@](O)([C@H](C)/C=C/CC(=O)N1CCC[C@H]1CO)C(=O)N2Cc1ccccc1. The van der Waals surface area contributed by atoms with Gasteiger partial charge < -0.3 is 35.2 Å². The minimum Gasteiger partial charge on any atom is -0.494 e. The lowest BCUT2D eigenvalue weighted by atomic mass is 9.82. The molecule has 0 bridgehead atoms. The van der Waals surface area contributed by atoms with E-state index in [1.807, 2.05) is 61.5 Å². The first-order valence-electron chi connectivity index (χ1n) is 18.4. The van der Waals surface area contributed by atoms with Crippen molar-refractivity contribution in [3.05, 3.63) is 95.6 Å². The van der Waals surface area contributed by atoms with Gasteiger partial charge in [0.2, 0.25) is 11.8 Å². The highest BCUT2D eigenvalue weighted by atomic mass is 16.5. The molecular weight excluding hydrogens is 660 g/mol. The molecule has 3 aromatic rings. The van der Waals surface area contributed by atoms with Crippen molar-refractivity contribution in [2.75, 3.05) is 42.7 Å². The van der Waals surface area contributed by atoms with Crippen molar-refractivity contribution < 1.29 is 34.4 Å². The minimum absolute atomic E-state index is 0.0747. The Kier molecular flexibility index (Phi) is 11.7. The number of likely N-dealkylation sites (tertiary alicyclic amines) is 1. The molecule has 3 amide bonds. The molecule has 11 nitrogen and oxygen atoms in total. The van der Waals surface area contributed by atoms with Crippen LogP contribution in [0.5, 0.6) is 5.75 Å². The Morgan fingerprint density at radius 3 is 2.60 bits per heavy atom. The standard InChI is InChI=1S/C41H50N4O7/c1-3-52-33-17-19-36-30(23-33)24-35(42-20-7-8-22-46)39(49)45(36)31-16-18-37-34(25-31)41(51,40(50)44(37)26-29-12-5-4-6-13-29)28(2)11-9-15-38(48)43-21-10-14-32(43)27-47/h4-6,9,11-13,16-19,23,25,28,32,35,42,46-47,51H,3,7-8,10,14-15,20-22,24,26-27H2,1-2H3/b11-9+/t28-,32+,35?,41+/m1/s1. The summed E-state index contributed by atoms with van der Waals surface area (Å²) in [4.78, 5) is 46.6. The summed E-state index contributed by atoms with van der Waals surface area (Å²) >= 11 is 0. The van der Waals surface area contributed by atoms with Gasteiger partial charge in [-0.15, -0.1) is 0 Å². The number of hydrogen-bond donors (Lipinski definition) is 4. The second kappa shape index (κ2) is 16.4. The number of nitrogens with one attached hydrogen (secondary N) is 1. The zero-order chi connectivity index (χ0) is 36.8. The van der Waals surface area contributed by atoms with Gasteiger partial charge in [0, 0.05) is 36.7 Å². The molecule has 3 aromatic carbocycles. The number of carbonyl (C=O) groups excluding carboxylic acids is 3. The molecule has 0 aromatic heterocycles. The van der Waals surface area contributed by atoms with Crippen LogP contribution in [0.25, 0.3) is 0 Å². The molecule has 3 aliphatic heterocycles. The first-order chi connectivity index (χ1) is 25.2. The maximum Gasteiger partial charge on any atom is 0.264 e. The van der Waals surface area contributed by atoms with Crippen molar-refractivity contribution in [1.82, 2.24) is 10.2 Å². The summed E-state index contributed by atoms with van der Waals surface area (Å²) in [5.74, 6) is -0.775. The van der Waals surface area contributed by atoms with E-state index in [2.05, 4.69) is 5.32 Å². The third kappa shape index (κ3) is 7.36. The molecule has 3 heterocycles. The summed E-state index contributed by atoms with van der Waals surface area (Å²) in [6.07, 6.45) is 6.91. The monoisotopic (exact) mass is 710 g/mol. The fourth-order valence-corrected chi connectivity index (χ4v) is 7.70. The first-order valence-corrected chi connectivity index (χ1v) is 18.4. The van der Waals surface area contributed by atoms with Crippen LogP contribution in [0.1, 0.15) is 62.6 Å². The Balaban J connectivity index is 1.37. The number of carbonyl (C=O) groups is 3. The van der Waals surface area contributed by atoms with Crippen LogP contribution in [-0.2, 0) is 33.0 Å². The fraction of sp³-hybridized carbons (Fsp3) is 0.439. The molecule has 0 radical (unpaired) electrons. The molecule has 1 unspecified atom stereocenters. The molecule has 0 spiro atoms. The third-order valence-electron chi connectivity index (χ3n) is 10.5. The van der Waals surface area contributed by atoms with Crippen molar-refractivity contribution in [2.24, 2.45) is 5.92 Å². The normalized spacial score (nSPS) is 21.9. The van der Waals surface area contributed by atoms with Gasteiger partial charge in [-0.3, -0.25) is 19.3 Å². The summed E-state index contributed by atoms with van der Waals surface area (Å²) in [7, 11) is 0. The van der Waals surface area contributed by atoms with Gasteiger partial charge in [0.1, 0.15) is 5.75 Å². The van der Waals surface area contributed by atoms with Crippen LogP contribution in [0.4, 0.5) is 17.1 Å². The van der Waals surface area contributed by atoms with Crippen molar-refractivity contribution in [2.45, 2.75) is 76.6 Å². The molecule has 1 saturated heterocycles. The second-order valence-corrected chi connectivity index (χ2v) is 13.9. The number of hydrogen-bond acceptors (Lipinski definition) is 8. The van der Waals surface area contributed by atoms with Gasteiger partial charge in [-0.1, -0.05) is 49.4 Å². The van der Waals surface area contributed by atoms with E-state index in [1.165, 1.54) is 0 Å².